The van der Waals surface area contributed by atoms with E-state index in [9.17, 15) is 9.59 Å². The average Bonchev–Trinajstić information content (AvgIpc) is 2.76. The first-order valence-corrected chi connectivity index (χ1v) is 7.11. The van der Waals surface area contributed by atoms with Crippen LogP contribution >= 0.6 is 0 Å². The molecule has 0 radical (unpaired) electrons. The van der Waals surface area contributed by atoms with Crippen molar-refractivity contribution in [3.05, 3.63) is 29.8 Å². The number of ether oxygens (including phenoxy) is 2. The van der Waals surface area contributed by atoms with Crippen molar-refractivity contribution < 1.29 is 19.1 Å². The second-order valence-electron chi connectivity index (χ2n) is 6.39. The van der Waals surface area contributed by atoms with Gasteiger partial charge in [0.25, 0.3) is 0 Å². The van der Waals surface area contributed by atoms with E-state index in [1.165, 1.54) is 0 Å². The Labute approximate surface area is 123 Å². The molecular weight excluding hydrogens is 270 g/mol. The first-order valence-electron chi connectivity index (χ1n) is 7.11. The predicted octanol–water partition coefficient (Wildman–Crippen LogP) is 2.03. The van der Waals surface area contributed by atoms with Crippen LogP contribution in [-0.2, 0) is 25.7 Å². The molecule has 2 heterocycles. The Morgan fingerprint density at radius 1 is 1.33 bits per heavy atom. The number of fused-ring (bicyclic) bond motifs is 3. The summed E-state index contributed by atoms with van der Waals surface area (Å²) in [5.41, 5.74) is -0.422. The summed E-state index contributed by atoms with van der Waals surface area (Å²) < 4.78 is 11.2. The van der Waals surface area contributed by atoms with E-state index in [-0.39, 0.29) is 18.8 Å². The van der Waals surface area contributed by atoms with E-state index < -0.39 is 17.3 Å². The number of benzene rings is 1. The molecule has 1 aromatic carbocycles. The van der Waals surface area contributed by atoms with Gasteiger partial charge in [0.15, 0.2) is 5.78 Å². The van der Waals surface area contributed by atoms with Crippen molar-refractivity contribution in [1.29, 1.82) is 0 Å². The maximum absolute atomic E-state index is 12.6. The number of hydrogen-bond acceptors (Lipinski definition) is 5. The predicted molar refractivity (Wildman–Crippen MR) is 76.8 cm³/mol. The number of carbonyl (C=O) groups is 2. The van der Waals surface area contributed by atoms with E-state index in [0.29, 0.717) is 6.54 Å². The first kappa shape index (κ1) is 14.1. The number of Topliss-reactive ketones (excluding diaryl/α,β-unsaturated/α-hetero) is 1. The number of esters is 1. The van der Waals surface area contributed by atoms with Crippen molar-refractivity contribution in [2.45, 2.75) is 45.1 Å². The highest BCUT2D eigenvalue weighted by Crippen LogP contribution is 2.41. The fourth-order valence-electron chi connectivity index (χ4n) is 2.85. The molecular formula is C16H19NO4. The van der Waals surface area contributed by atoms with Gasteiger partial charge in [0.1, 0.15) is 5.60 Å². The van der Waals surface area contributed by atoms with Crippen LogP contribution in [-0.4, -0.2) is 29.6 Å². The van der Waals surface area contributed by atoms with E-state index in [2.05, 4.69) is 0 Å². The van der Waals surface area contributed by atoms with Gasteiger partial charge in [-0.1, -0.05) is 18.2 Å². The fourth-order valence-corrected chi connectivity index (χ4v) is 2.85. The molecule has 2 aliphatic heterocycles. The molecule has 1 atom stereocenters. The Balaban J connectivity index is 2.03. The minimum absolute atomic E-state index is 0.230. The molecule has 0 amide bonds. The van der Waals surface area contributed by atoms with Crippen molar-refractivity contribution in [3.8, 4) is 0 Å². The van der Waals surface area contributed by atoms with Gasteiger partial charge in [0, 0.05) is 24.2 Å². The molecule has 1 aromatic rings. The molecule has 1 saturated heterocycles. The zero-order chi connectivity index (χ0) is 15.3. The average molecular weight is 289 g/mol. The van der Waals surface area contributed by atoms with Crippen molar-refractivity contribution in [2.24, 2.45) is 0 Å². The van der Waals surface area contributed by atoms with Crippen LogP contribution in [0.25, 0.3) is 0 Å². The lowest BCUT2D eigenvalue weighted by Gasteiger charge is -2.41. The molecule has 1 unspecified atom stereocenters. The summed E-state index contributed by atoms with van der Waals surface area (Å²) in [5.74, 6) is -0.849. The van der Waals surface area contributed by atoms with Gasteiger partial charge in [0.2, 0.25) is 0 Å². The van der Waals surface area contributed by atoms with Gasteiger partial charge in [-0.2, -0.15) is 0 Å². The zero-order valence-corrected chi connectivity index (χ0v) is 12.5. The molecule has 0 saturated carbocycles. The van der Waals surface area contributed by atoms with Crippen molar-refractivity contribution in [2.75, 3.05) is 11.4 Å². The standard InChI is InChI=1S/C16H19NO4/c1-15(2,3)21-14(19)16-13(18)8-9-17(16)12-7-5-4-6-11(12)10-20-16/h4-7H,8-10H2,1-3H3. The van der Waals surface area contributed by atoms with Crippen LogP contribution in [0, 0.1) is 0 Å². The molecule has 0 aromatic heterocycles. The Morgan fingerprint density at radius 3 is 2.76 bits per heavy atom. The van der Waals surface area contributed by atoms with Crippen LogP contribution in [0.3, 0.4) is 0 Å². The summed E-state index contributed by atoms with van der Waals surface area (Å²) in [5, 5.41) is 0. The summed E-state index contributed by atoms with van der Waals surface area (Å²) in [7, 11) is 0. The molecule has 3 rings (SSSR count). The summed E-state index contributed by atoms with van der Waals surface area (Å²) in [6.07, 6.45) is 0.285. The summed E-state index contributed by atoms with van der Waals surface area (Å²) in [6.45, 7) is 6.04. The van der Waals surface area contributed by atoms with E-state index in [1.54, 1.807) is 25.7 Å². The van der Waals surface area contributed by atoms with Gasteiger partial charge in [-0.05, 0) is 26.8 Å². The van der Waals surface area contributed by atoms with Gasteiger partial charge in [-0.3, -0.25) is 4.79 Å². The summed E-state index contributed by atoms with van der Waals surface area (Å²) in [4.78, 5) is 26.8. The second-order valence-corrected chi connectivity index (χ2v) is 6.39. The topological polar surface area (TPSA) is 55.8 Å². The van der Waals surface area contributed by atoms with E-state index in [1.807, 2.05) is 24.3 Å². The van der Waals surface area contributed by atoms with Crippen LogP contribution in [0.2, 0.25) is 0 Å². The van der Waals surface area contributed by atoms with Crippen LogP contribution < -0.4 is 4.90 Å². The van der Waals surface area contributed by atoms with Crippen LogP contribution in [0.4, 0.5) is 5.69 Å². The van der Waals surface area contributed by atoms with E-state index in [4.69, 9.17) is 9.47 Å². The molecule has 2 aliphatic rings. The van der Waals surface area contributed by atoms with Gasteiger partial charge >= 0.3 is 11.7 Å². The lowest BCUT2D eigenvalue weighted by molar-refractivity contribution is -0.187. The molecule has 112 valence electrons. The minimum atomic E-state index is -1.61. The molecule has 21 heavy (non-hydrogen) atoms. The molecule has 0 bridgehead atoms. The lowest BCUT2D eigenvalue weighted by Crippen LogP contribution is -2.61. The number of nitrogens with zero attached hydrogens (tertiary/aromatic N) is 1. The number of carbonyl (C=O) groups excluding carboxylic acids is 2. The molecule has 0 aliphatic carbocycles. The molecule has 5 heteroatoms. The quantitative estimate of drug-likeness (QED) is 0.585. The van der Waals surface area contributed by atoms with Crippen LogP contribution in [0.5, 0.6) is 0 Å². The zero-order valence-electron chi connectivity index (χ0n) is 12.5. The normalized spacial score (nSPS) is 24.5. The Hall–Kier alpha value is -1.88. The Kier molecular flexibility index (Phi) is 3.06. The maximum Gasteiger partial charge on any atom is 0.368 e. The number of hydrogen-bond donors (Lipinski definition) is 0. The fraction of sp³-hybridized carbons (Fsp3) is 0.500. The SMILES string of the molecule is CC(C)(C)OC(=O)C12OCc3ccccc3N1CCC2=O. The third kappa shape index (κ3) is 2.12. The smallest absolute Gasteiger partial charge is 0.368 e. The van der Waals surface area contributed by atoms with E-state index >= 15 is 0 Å². The first-order chi connectivity index (χ1) is 9.84. The minimum Gasteiger partial charge on any atom is -0.456 e. The third-order valence-corrected chi connectivity index (χ3v) is 3.72. The second kappa shape index (κ2) is 4.56. The molecule has 5 nitrogen and oxygen atoms in total. The van der Waals surface area contributed by atoms with Crippen molar-refractivity contribution >= 4 is 17.4 Å². The largest absolute Gasteiger partial charge is 0.456 e. The van der Waals surface area contributed by atoms with Gasteiger partial charge in [-0.15, -0.1) is 0 Å². The monoisotopic (exact) mass is 289 g/mol. The van der Waals surface area contributed by atoms with Crippen molar-refractivity contribution in [3.63, 3.8) is 0 Å². The molecule has 0 spiro atoms. The summed E-state index contributed by atoms with van der Waals surface area (Å²) >= 11 is 0. The van der Waals surface area contributed by atoms with Gasteiger partial charge < -0.3 is 14.4 Å². The van der Waals surface area contributed by atoms with E-state index in [0.717, 1.165) is 11.3 Å². The van der Waals surface area contributed by atoms with Gasteiger partial charge in [-0.25, -0.2) is 4.79 Å². The van der Waals surface area contributed by atoms with Crippen LogP contribution in [0.15, 0.2) is 24.3 Å². The summed E-state index contributed by atoms with van der Waals surface area (Å²) in [6, 6.07) is 7.67. The lowest BCUT2D eigenvalue weighted by atomic mass is 10.0. The number of anilines is 1. The van der Waals surface area contributed by atoms with Crippen molar-refractivity contribution in [1.82, 2.24) is 0 Å². The number of para-hydroxylation sites is 1. The Morgan fingerprint density at radius 2 is 2.05 bits per heavy atom. The highest BCUT2D eigenvalue weighted by molar-refractivity contribution is 6.12. The third-order valence-electron chi connectivity index (χ3n) is 3.72. The number of ketones is 1. The molecule has 1 fully saturated rings. The maximum atomic E-state index is 12.6. The number of rotatable bonds is 1. The highest BCUT2D eigenvalue weighted by atomic mass is 16.6. The van der Waals surface area contributed by atoms with Crippen LogP contribution in [0.1, 0.15) is 32.8 Å². The molecule has 0 N–H and O–H groups in total. The van der Waals surface area contributed by atoms with Gasteiger partial charge in [0.05, 0.1) is 6.61 Å². The Bertz CT molecular complexity index is 605. The highest BCUT2D eigenvalue weighted by Gasteiger charge is 2.60.